The van der Waals surface area contributed by atoms with E-state index in [0.717, 1.165) is 68.3 Å². The Balaban J connectivity index is 1.16. The SMILES string of the molecule is Cc1cc(OCCCC2CCN(c3noc(C4CC4(C)C)n3)CC2)ccc1C(=O)NC(C)CO. The fourth-order valence-electron chi connectivity index (χ4n) is 4.70. The molecule has 2 N–H and O–H groups in total. The largest absolute Gasteiger partial charge is 0.494 e. The van der Waals surface area contributed by atoms with Crippen molar-refractivity contribution in [1.29, 1.82) is 0 Å². The van der Waals surface area contributed by atoms with Crippen molar-refractivity contribution in [3.63, 3.8) is 0 Å². The highest BCUT2D eigenvalue weighted by Gasteiger charge is 2.50. The Labute approximate surface area is 202 Å². The molecule has 8 nitrogen and oxygen atoms in total. The van der Waals surface area contributed by atoms with Crippen LogP contribution < -0.4 is 15.0 Å². The maximum absolute atomic E-state index is 12.3. The molecule has 1 aromatic heterocycles. The maximum Gasteiger partial charge on any atom is 0.266 e. The first kappa shape index (κ1) is 24.5. The predicted molar refractivity (Wildman–Crippen MR) is 130 cm³/mol. The normalized spacial score (nSPS) is 20.7. The van der Waals surface area contributed by atoms with Gasteiger partial charge in [-0.15, -0.1) is 0 Å². The summed E-state index contributed by atoms with van der Waals surface area (Å²) < 4.78 is 11.5. The molecule has 0 spiro atoms. The highest BCUT2D eigenvalue weighted by molar-refractivity contribution is 5.95. The third-order valence-electron chi connectivity index (χ3n) is 7.26. The third-order valence-corrected chi connectivity index (χ3v) is 7.26. The summed E-state index contributed by atoms with van der Waals surface area (Å²) in [4.78, 5) is 19.2. The number of rotatable bonds is 10. The first-order valence-electron chi connectivity index (χ1n) is 12.5. The van der Waals surface area contributed by atoms with Crippen LogP contribution in [0.4, 0.5) is 5.95 Å². The number of anilines is 1. The number of nitrogens with one attached hydrogen (secondary N) is 1. The molecule has 2 atom stereocenters. The van der Waals surface area contributed by atoms with Crippen LogP contribution in [0.3, 0.4) is 0 Å². The molecule has 1 aliphatic carbocycles. The van der Waals surface area contributed by atoms with E-state index >= 15 is 0 Å². The topological polar surface area (TPSA) is 101 Å². The van der Waals surface area contributed by atoms with E-state index in [1.807, 2.05) is 19.1 Å². The van der Waals surface area contributed by atoms with Crippen LogP contribution in [-0.4, -0.2) is 53.5 Å². The van der Waals surface area contributed by atoms with Gasteiger partial charge in [0, 0.05) is 30.6 Å². The number of carbonyl (C=O) groups excluding carboxylic acids is 1. The van der Waals surface area contributed by atoms with Gasteiger partial charge < -0.3 is 24.6 Å². The van der Waals surface area contributed by atoms with Gasteiger partial charge in [-0.25, -0.2) is 0 Å². The second-order valence-electron chi connectivity index (χ2n) is 10.6. The van der Waals surface area contributed by atoms with Crippen molar-refractivity contribution in [2.75, 3.05) is 31.2 Å². The average molecular weight is 471 g/mol. The summed E-state index contributed by atoms with van der Waals surface area (Å²) >= 11 is 0. The minimum Gasteiger partial charge on any atom is -0.494 e. The number of aliphatic hydroxyl groups excluding tert-OH is 1. The number of aliphatic hydroxyl groups is 1. The summed E-state index contributed by atoms with van der Waals surface area (Å²) in [5, 5.41) is 16.1. The highest BCUT2D eigenvalue weighted by Crippen LogP contribution is 2.58. The minimum atomic E-state index is -0.269. The fourth-order valence-corrected chi connectivity index (χ4v) is 4.70. The molecule has 1 saturated carbocycles. The molecule has 8 heteroatoms. The molecule has 34 heavy (non-hydrogen) atoms. The number of carbonyl (C=O) groups is 1. The van der Waals surface area contributed by atoms with Crippen molar-refractivity contribution in [2.24, 2.45) is 11.3 Å². The molecule has 2 aromatic rings. The number of nitrogens with zero attached hydrogens (tertiary/aromatic N) is 3. The van der Waals surface area contributed by atoms with E-state index in [1.54, 1.807) is 13.0 Å². The fraction of sp³-hybridized carbons (Fsp3) is 0.654. The Hall–Kier alpha value is -2.61. The van der Waals surface area contributed by atoms with Crippen LogP contribution in [0.1, 0.15) is 80.6 Å². The Morgan fingerprint density at radius 2 is 2.09 bits per heavy atom. The molecule has 4 rings (SSSR count). The molecule has 1 amide bonds. The van der Waals surface area contributed by atoms with Gasteiger partial charge in [0.1, 0.15) is 5.75 Å². The zero-order valence-electron chi connectivity index (χ0n) is 20.8. The summed E-state index contributed by atoms with van der Waals surface area (Å²) in [5.41, 5.74) is 1.77. The molecule has 1 aliphatic heterocycles. The van der Waals surface area contributed by atoms with Crippen molar-refractivity contribution in [2.45, 2.75) is 71.8 Å². The summed E-state index contributed by atoms with van der Waals surface area (Å²) in [6, 6.07) is 5.26. The molecule has 1 aromatic carbocycles. The summed E-state index contributed by atoms with van der Waals surface area (Å²) in [6.07, 6.45) is 5.53. The number of piperidine rings is 1. The first-order valence-corrected chi connectivity index (χ1v) is 12.5. The Bertz CT molecular complexity index is 981. The number of aryl methyl sites for hydroxylation is 1. The Morgan fingerprint density at radius 3 is 2.74 bits per heavy atom. The van der Waals surface area contributed by atoms with Gasteiger partial charge in [0.05, 0.1) is 13.2 Å². The van der Waals surface area contributed by atoms with E-state index in [0.29, 0.717) is 29.4 Å². The lowest BCUT2D eigenvalue weighted by molar-refractivity contribution is 0.0921. The molecule has 2 heterocycles. The molecule has 2 unspecified atom stereocenters. The average Bonchev–Trinajstić information content (AvgIpc) is 3.20. The molecular formula is C26H38N4O4. The van der Waals surface area contributed by atoms with Gasteiger partial charge in [-0.1, -0.05) is 13.8 Å². The minimum absolute atomic E-state index is 0.0814. The number of amides is 1. The maximum atomic E-state index is 12.3. The molecule has 0 bridgehead atoms. The molecular weight excluding hydrogens is 432 g/mol. The van der Waals surface area contributed by atoms with Gasteiger partial charge in [-0.05, 0) is 86.2 Å². The predicted octanol–water partition coefficient (Wildman–Crippen LogP) is 4.08. The van der Waals surface area contributed by atoms with Crippen molar-refractivity contribution in [3.05, 3.63) is 35.2 Å². The number of hydrogen-bond acceptors (Lipinski definition) is 7. The highest BCUT2D eigenvalue weighted by atomic mass is 16.5. The number of aromatic nitrogens is 2. The van der Waals surface area contributed by atoms with Crippen molar-refractivity contribution >= 4 is 11.9 Å². The van der Waals surface area contributed by atoms with Gasteiger partial charge in [-0.3, -0.25) is 4.79 Å². The van der Waals surface area contributed by atoms with E-state index < -0.39 is 0 Å². The molecule has 1 saturated heterocycles. The van der Waals surface area contributed by atoms with E-state index in [1.165, 1.54) is 0 Å². The van der Waals surface area contributed by atoms with Crippen molar-refractivity contribution < 1.29 is 19.2 Å². The van der Waals surface area contributed by atoms with E-state index in [-0.39, 0.29) is 18.6 Å². The van der Waals surface area contributed by atoms with E-state index in [4.69, 9.17) is 14.4 Å². The molecule has 186 valence electrons. The number of ether oxygens (including phenoxy) is 1. The van der Waals surface area contributed by atoms with Crippen LogP contribution in [0.5, 0.6) is 5.75 Å². The lowest BCUT2D eigenvalue weighted by Crippen LogP contribution is -2.35. The van der Waals surface area contributed by atoms with Crippen molar-refractivity contribution in [1.82, 2.24) is 15.5 Å². The number of benzene rings is 1. The zero-order valence-corrected chi connectivity index (χ0v) is 20.8. The van der Waals surface area contributed by atoms with E-state index in [9.17, 15) is 4.79 Å². The van der Waals surface area contributed by atoms with Crippen LogP contribution in [-0.2, 0) is 0 Å². The molecule has 2 fully saturated rings. The Morgan fingerprint density at radius 1 is 1.35 bits per heavy atom. The van der Waals surface area contributed by atoms with E-state index in [2.05, 4.69) is 34.2 Å². The second kappa shape index (κ2) is 10.3. The second-order valence-corrected chi connectivity index (χ2v) is 10.6. The molecule has 2 aliphatic rings. The third kappa shape index (κ3) is 5.90. The van der Waals surface area contributed by atoms with Gasteiger partial charge in [-0.2, -0.15) is 4.98 Å². The lowest BCUT2D eigenvalue weighted by atomic mass is 9.92. The first-order chi connectivity index (χ1) is 16.3. The van der Waals surface area contributed by atoms with Crippen LogP contribution >= 0.6 is 0 Å². The standard InChI is InChI=1S/C26H38N4O4/c1-17-14-20(7-8-21(17)23(32)27-18(2)16-31)33-13-5-6-19-9-11-30(12-10-19)25-28-24(34-29-25)22-15-26(22,3)4/h7-8,14,18-19,22,31H,5-6,9-13,15-16H2,1-4H3,(H,27,32). The van der Waals surface area contributed by atoms with Crippen LogP contribution in [0, 0.1) is 18.3 Å². The van der Waals surface area contributed by atoms with Crippen molar-refractivity contribution in [3.8, 4) is 5.75 Å². The van der Waals surface area contributed by atoms with Gasteiger partial charge in [0.25, 0.3) is 11.9 Å². The summed E-state index contributed by atoms with van der Waals surface area (Å²) in [6.45, 7) is 10.7. The lowest BCUT2D eigenvalue weighted by Gasteiger charge is -2.30. The van der Waals surface area contributed by atoms with Crippen LogP contribution in [0.15, 0.2) is 22.7 Å². The molecule has 0 radical (unpaired) electrons. The number of hydrogen-bond donors (Lipinski definition) is 2. The smallest absolute Gasteiger partial charge is 0.266 e. The van der Waals surface area contributed by atoms with Crippen LogP contribution in [0.25, 0.3) is 0 Å². The quantitative estimate of drug-likeness (QED) is 0.505. The van der Waals surface area contributed by atoms with Crippen LogP contribution in [0.2, 0.25) is 0 Å². The Kier molecular flexibility index (Phi) is 7.45. The summed E-state index contributed by atoms with van der Waals surface area (Å²) in [7, 11) is 0. The van der Waals surface area contributed by atoms with Gasteiger partial charge in [0.15, 0.2) is 0 Å². The van der Waals surface area contributed by atoms with Gasteiger partial charge >= 0.3 is 0 Å². The summed E-state index contributed by atoms with van der Waals surface area (Å²) in [5.74, 6) is 3.25. The van der Waals surface area contributed by atoms with Gasteiger partial charge in [0.2, 0.25) is 5.89 Å². The zero-order chi connectivity index (χ0) is 24.3. The monoisotopic (exact) mass is 470 g/mol.